The Hall–Kier alpha value is -4.78. The molecule has 0 atom stereocenters. The summed E-state index contributed by atoms with van der Waals surface area (Å²) in [6, 6.07) is 13.2. The van der Waals surface area contributed by atoms with Crippen molar-refractivity contribution in [2.24, 2.45) is 10.7 Å². The monoisotopic (exact) mass is 777 g/mol. The van der Waals surface area contributed by atoms with E-state index in [0.29, 0.717) is 17.0 Å². The van der Waals surface area contributed by atoms with Crippen LogP contribution in [0.4, 0.5) is 9.59 Å². The maximum atomic E-state index is 13.5. The maximum absolute atomic E-state index is 13.5. The average Bonchev–Trinajstić information content (AvgIpc) is 3.03. The fraction of sp³-hybridized carbons (Fsp3) is 0.429. The van der Waals surface area contributed by atoms with Gasteiger partial charge in [0, 0.05) is 38.5 Å². The van der Waals surface area contributed by atoms with Crippen LogP contribution in [0, 0.1) is 6.92 Å². The number of rotatable bonds is 14. The summed E-state index contributed by atoms with van der Waals surface area (Å²) < 4.78 is 76.8. The van der Waals surface area contributed by atoms with Crippen LogP contribution >= 0.6 is 0 Å². The smallest absolute Gasteiger partial charge is 0.442 e. The van der Waals surface area contributed by atoms with Crippen LogP contribution in [0.1, 0.15) is 59.1 Å². The number of aliphatic imine (C=N–C) groups is 1. The lowest BCUT2D eigenvalue weighted by Gasteiger charge is -2.26. The second-order valence-corrected chi connectivity index (χ2v) is 17.2. The number of aryl methyl sites for hydroxylation is 1. The summed E-state index contributed by atoms with van der Waals surface area (Å²) in [4.78, 5) is 37.0. The van der Waals surface area contributed by atoms with Crippen LogP contribution in [0.2, 0.25) is 0 Å². The minimum absolute atomic E-state index is 0.0216. The molecular weight excluding hydrogens is 731 g/mol. The van der Waals surface area contributed by atoms with E-state index in [1.165, 1.54) is 37.4 Å². The van der Waals surface area contributed by atoms with E-state index in [-0.39, 0.29) is 37.7 Å². The highest BCUT2D eigenvalue weighted by Gasteiger charge is 2.31. The fourth-order valence-electron chi connectivity index (χ4n) is 4.36. The lowest BCUT2D eigenvalue weighted by atomic mass is 10.2. The van der Waals surface area contributed by atoms with E-state index in [1.54, 1.807) is 79.1 Å². The van der Waals surface area contributed by atoms with Crippen LogP contribution in [0.25, 0.3) is 0 Å². The van der Waals surface area contributed by atoms with Crippen LogP contribution < -0.4 is 14.7 Å². The summed E-state index contributed by atoms with van der Waals surface area (Å²) in [5, 5.41) is 0.537. The first-order valence-corrected chi connectivity index (χ1v) is 19.3. The van der Waals surface area contributed by atoms with Crippen molar-refractivity contribution in [1.29, 1.82) is 0 Å². The molecule has 3 rings (SSSR count). The number of hydroxylamine groups is 2. The van der Waals surface area contributed by atoms with Gasteiger partial charge in [-0.2, -0.15) is 8.42 Å². The Bertz CT molecular complexity index is 1980. The summed E-state index contributed by atoms with van der Waals surface area (Å²) in [7, 11) is -7.51. The molecule has 0 aliphatic carbocycles. The number of hydrogen-bond donors (Lipinski definition) is 1. The van der Waals surface area contributed by atoms with Crippen molar-refractivity contribution < 1.29 is 49.7 Å². The highest BCUT2D eigenvalue weighted by molar-refractivity contribution is 7.91. The first-order valence-electron chi connectivity index (χ1n) is 16.4. The second kappa shape index (κ2) is 17.8. The van der Waals surface area contributed by atoms with Crippen molar-refractivity contribution in [3.8, 4) is 11.5 Å². The molecule has 1 heterocycles. The van der Waals surface area contributed by atoms with Gasteiger partial charge in [0.1, 0.15) is 32.5 Å². The molecule has 0 bridgehead atoms. The third kappa shape index (κ3) is 13.6. The SMILES string of the molecule is Cc1cc(OCCCON(C(=O)OC(C)(C)C)C(N)=NC(=O)OC(C)(C)C)cc(OS(=O)(=O)c2ccccc2S(=O)(=O)N(C)CCc2ccncc2)c1. The van der Waals surface area contributed by atoms with Crippen molar-refractivity contribution >= 4 is 38.3 Å². The van der Waals surface area contributed by atoms with E-state index in [1.807, 2.05) is 0 Å². The van der Waals surface area contributed by atoms with Crippen molar-refractivity contribution in [2.45, 2.75) is 82.3 Å². The zero-order valence-electron chi connectivity index (χ0n) is 31.1. The molecule has 18 heteroatoms. The van der Waals surface area contributed by atoms with Gasteiger partial charge in [0.25, 0.3) is 0 Å². The van der Waals surface area contributed by atoms with Gasteiger partial charge in [0.05, 0.1) is 13.2 Å². The lowest BCUT2D eigenvalue weighted by molar-refractivity contribution is -0.103. The lowest BCUT2D eigenvalue weighted by Crippen LogP contribution is -2.45. The van der Waals surface area contributed by atoms with Gasteiger partial charge < -0.3 is 24.1 Å². The number of carbonyl (C=O) groups is 2. The van der Waals surface area contributed by atoms with Gasteiger partial charge in [0.2, 0.25) is 16.0 Å². The third-order valence-electron chi connectivity index (χ3n) is 6.65. The van der Waals surface area contributed by atoms with E-state index in [4.69, 9.17) is 29.0 Å². The Morgan fingerprint density at radius 2 is 1.45 bits per heavy atom. The molecule has 2 amide bonds. The maximum Gasteiger partial charge on any atom is 0.442 e. The molecule has 0 radical (unpaired) electrons. The van der Waals surface area contributed by atoms with E-state index in [0.717, 1.165) is 15.9 Å². The molecule has 0 saturated carbocycles. The Kier molecular flexibility index (Phi) is 14.3. The van der Waals surface area contributed by atoms with Gasteiger partial charge >= 0.3 is 22.3 Å². The van der Waals surface area contributed by atoms with Crippen molar-refractivity contribution in [2.75, 3.05) is 26.8 Å². The first kappa shape index (κ1) is 42.6. The molecule has 0 spiro atoms. The molecule has 0 unspecified atom stereocenters. The normalized spacial score (nSPS) is 12.7. The highest BCUT2D eigenvalue weighted by atomic mass is 32.2. The van der Waals surface area contributed by atoms with E-state index >= 15 is 0 Å². The summed E-state index contributed by atoms with van der Waals surface area (Å²) >= 11 is 0. The number of nitrogens with two attached hydrogens (primary N) is 1. The standard InChI is InChI=1S/C35H47N5O11S2/c1-25-22-27(47-20-11-21-48-40(33(42)50-35(5,6)7)31(36)38-32(41)49-34(2,3)4)24-28(23-25)51-53(45,46)30-13-10-9-12-29(30)52(43,44)39(8)19-16-26-14-17-37-18-15-26/h9-10,12-15,17-18,22-24H,11,16,19-21H2,1-8H3,(H2,36,38,41). The number of nitrogens with zero attached hydrogens (tertiary/aromatic N) is 4. The van der Waals surface area contributed by atoms with Crippen LogP contribution in [0.5, 0.6) is 11.5 Å². The molecule has 0 fully saturated rings. The van der Waals surface area contributed by atoms with E-state index < -0.39 is 59.3 Å². The van der Waals surface area contributed by atoms with Gasteiger partial charge in [-0.15, -0.1) is 10.1 Å². The van der Waals surface area contributed by atoms with Gasteiger partial charge in [-0.05, 0) is 102 Å². The number of amides is 2. The Labute approximate surface area is 311 Å². The second-order valence-electron chi connectivity index (χ2n) is 13.7. The topological polar surface area (TPSA) is 206 Å². The molecule has 1 aromatic heterocycles. The number of sulfonamides is 1. The predicted octanol–water partition coefficient (Wildman–Crippen LogP) is 5.21. The largest absolute Gasteiger partial charge is 0.493 e. The first-order chi connectivity index (χ1) is 24.6. The number of guanidine groups is 1. The summed E-state index contributed by atoms with van der Waals surface area (Å²) in [6.45, 7) is 11.5. The minimum Gasteiger partial charge on any atom is -0.493 e. The Morgan fingerprint density at radius 1 is 0.849 bits per heavy atom. The van der Waals surface area contributed by atoms with Crippen LogP contribution in [0.3, 0.4) is 0 Å². The number of ether oxygens (including phenoxy) is 3. The average molecular weight is 778 g/mol. The van der Waals surface area contributed by atoms with Gasteiger partial charge in [0.15, 0.2) is 0 Å². The highest BCUT2D eigenvalue weighted by Crippen LogP contribution is 2.29. The van der Waals surface area contributed by atoms with Gasteiger partial charge in [-0.3, -0.25) is 9.82 Å². The molecule has 0 aliphatic heterocycles. The molecule has 16 nitrogen and oxygen atoms in total. The minimum atomic E-state index is -4.64. The summed E-state index contributed by atoms with van der Waals surface area (Å²) in [5.41, 5.74) is 5.57. The molecule has 2 N–H and O–H groups in total. The number of likely N-dealkylation sites (N-methyl/N-ethyl adjacent to an activating group) is 1. The fourth-order valence-corrected chi connectivity index (χ4v) is 7.22. The van der Waals surface area contributed by atoms with Crippen LogP contribution in [-0.4, -0.2) is 87.3 Å². The van der Waals surface area contributed by atoms with Gasteiger partial charge in [-0.25, -0.2) is 22.3 Å². The van der Waals surface area contributed by atoms with E-state index in [2.05, 4.69) is 9.98 Å². The third-order valence-corrected chi connectivity index (χ3v) is 10.00. The molecular formula is C35H47N5O11S2. The zero-order chi connectivity index (χ0) is 39.6. The van der Waals surface area contributed by atoms with Crippen molar-refractivity contribution in [1.82, 2.24) is 14.4 Å². The molecule has 3 aromatic rings. The summed E-state index contributed by atoms with van der Waals surface area (Å²) in [5.74, 6) is -0.485. The molecule has 53 heavy (non-hydrogen) atoms. The number of pyridine rings is 1. The number of hydrogen-bond acceptors (Lipinski definition) is 12. The van der Waals surface area contributed by atoms with Gasteiger partial charge in [-0.1, -0.05) is 12.1 Å². The molecule has 290 valence electrons. The number of aromatic nitrogens is 1. The Morgan fingerprint density at radius 3 is 2.08 bits per heavy atom. The molecule has 0 saturated heterocycles. The summed E-state index contributed by atoms with van der Waals surface area (Å²) in [6.07, 6.45) is 1.72. The molecule has 2 aromatic carbocycles. The zero-order valence-corrected chi connectivity index (χ0v) is 32.7. The van der Waals surface area contributed by atoms with Crippen LogP contribution in [-0.2, 0) is 40.9 Å². The van der Waals surface area contributed by atoms with Crippen molar-refractivity contribution in [3.05, 3.63) is 78.1 Å². The predicted molar refractivity (Wildman–Crippen MR) is 195 cm³/mol. The number of carbonyl (C=O) groups excluding carboxylic acids is 2. The Balaban J connectivity index is 1.69. The van der Waals surface area contributed by atoms with Crippen LogP contribution in [0.15, 0.2) is 81.8 Å². The number of benzene rings is 2. The van der Waals surface area contributed by atoms with Crippen molar-refractivity contribution in [3.63, 3.8) is 0 Å². The molecule has 0 aliphatic rings. The van der Waals surface area contributed by atoms with E-state index in [9.17, 15) is 26.4 Å². The quantitative estimate of drug-likeness (QED) is 0.0735.